The second-order valence-electron chi connectivity index (χ2n) is 11.0. The molecule has 8 heteroatoms. The maximum Gasteiger partial charge on any atom is 0.416 e. The van der Waals surface area contributed by atoms with E-state index in [1.807, 2.05) is 18.2 Å². The third-order valence-corrected chi connectivity index (χ3v) is 9.22. The highest BCUT2D eigenvalue weighted by molar-refractivity contribution is 7.99. The molecule has 4 rings (SSSR count). The number of alkyl halides is 3. The number of anilines is 2. The first-order chi connectivity index (χ1) is 18.1. The molecule has 38 heavy (non-hydrogen) atoms. The van der Waals surface area contributed by atoms with Gasteiger partial charge in [0.15, 0.2) is 0 Å². The first-order valence-corrected chi connectivity index (χ1v) is 14.5. The van der Waals surface area contributed by atoms with Crippen molar-refractivity contribution in [2.75, 3.05) is 77.9 Å². The molecule has 0 bridgehead atoms. The predicted molar refractivity (Wildman–Crippen MR) is 152 cm³/mol. The van der Waals surface area contributed by atoms with Crippen molar-refractivity contribution in [1.29, 1.82) is 0 Å². The zero-order valence-corrected chi connectivity index (χ0v) is 24.0. The fraction of sp³-hybridized carbons (Fsp3) is 0.533. The van der Waals surface area contributed by atoms with Gasteiger partial charge in [-0.25, -0.2) is 0 Å². The highest BCUT2D eigenvalue weighted by atomic mass is 32.2. The zero-order chi connectivity index (χ0) is 27.3. The van der Waals surface area contributed by atoms with Crippen LogP contribution in [0.4, 0.5) is 24.5 Å². The number of quaternary nitrogens is 1. The van der Waals surface area contributed by atoms with E-state index in [4.69, 9.17) is 0 Å². The number of fused-ring (bicyclic) bond motifs is 2. The molecule has 1 fully saturated rings. The zero-order valence-electron chi connectivity index (χ0n) is 23.2. The van der Waals surface area contributed by atoms with Crippen molar-refractivity contribution in [3.05, 3.63) is 59.7 Å². The average molecular weight is 548 g/mol. The number of nitrogens with zero attached hydrogens (tertiary/aromatic N) is 4. The van der Waals surface area contributed by atoms with E-state index in [9.17, 15) is 13.2 Å². The Labute approximate surface area is 230 Å². The largest absolute Gasteiger partial charge is 0.416 e. The SMILES string of the molecule is CC=C(C)CC[N+]1(CCN(C)C)CCN(CCCN2c3ccccc3Sc3ccc(C(F)(F)F)cc32)CC1. The monoisotopic (exact) mass is 547 g/mol. The number of para-hydroxylation sites is 1. The van der Waals surface area contributed by atoms with Crippen LogP contribution >= 0.6 is 11.8 Å². The molecule has 0 aromatic heterocycles. The van der Waals surface area contributed by atoms with E-state index in [0.29, 0.717) is 12.2 Å². The first kappa shape index (κ1) is 29.0. The van der Waals surface area contributed by atoms with Gasteiger partial charge in [-0.3, -0.25) is 4.90 Å². The number of allylic oxidation sites excluding steroid dienone is 1. The van der Waals surface area contributed by atoms with Crippen molar-refractivity contribution in [3.63, 3.8) is 0 Å². The van der Waals surface area contributed by atoms with Crippen LogP contribution in [0.25, 0.3) is 0 Å². The maximum atomic E-state index is 13.5. The van der Waals surface area contributed by atoms with Crippen LogP contribution in [0.2, 0.25) is 0 Å². The number of rotatable bonds is 10. The Morgan fingerprint density at radius 1 is 1.00 bits per heavy atom. The van der Waals surface area contributed by atoms with Crippen molar-refractivity contribution in [2.24, 2.45) is 0 Å². The van der Waals surface area contributed by atoms with Crippen LogP contribution in [0.15, 0.2) is 63.9 Å². The molecule has 0 saturated carbocycles. The summed E-state index contributed by atoms with van der Waals surface area (Å²) in [5.74, 6) is 0. The standard InChI is InChI=1S/C30H42F3N4S/c1-5-24(2)13-19-37(20-16-34(3)4)21-17-35(18-22-37)14-8-15-36-26-9-6-7-10-28(26)38-29-12-11-25(23-27(29)36)30(31,32)33/h5-7,9-12,23H,8,13-22H2,1-4H3/q+1. The minimum absolute atomic E-state index is 0.586. The lowest BCUT2D eigenvalue weighted by Crippen LogP contribution is -2.61. The fourth-order valence-corrected chi connectivity index (χ4v) is 6.46. The maximum absolute atomic E-state index is 13.5. The summed E-state index contributed by atoms with van der Waals surface area (Å²) < 4.78 is 41.7. The summed E-state index contributed by atoms with van der Waals surface area (Å²) in [7, 11) is 4.30. The second-order valence-corrected chi connectivity index (χ2v) is 12.1. The molecule has 0 radical (unpaired) electrons. The van der Waals surface area contributed by atoms with E-state index in [0.717, 1.165) is 67.6 Å². The molecule has 4 nitrogen and oxygen atoms in total. The molecule has 208 valence electrons. The van der Waals surface area contributed by atoms with Gasteiger partial charge in [-0.1, -0.05) is 35.5 Å². The molecule has 0 atom stereocenters. The number of halogens is 3. The van der Waals surface area contributed by atoms with Crippen molar-refractivity contribution >= 4 is 23.1 Å². The molecular weight excluding hydrogens is 505 g/mol. The van der Waals surface area contributed by atoms with Crippen molar-refractivity contribution in [3.8, 4) is 0 Å². The molecule has 0 aliphatic carbocycles. The number of benzene rings is 2. The molecule has 0 N–H and O–H groups in total. The highest BCUT2D eigenvalue weighted by Crippen LogP contribution is 2.49. The van der Waals surface area contributed by atoms with Crippen LogP contribution in [0.3, 0.4) is 0 Å². The molecule has 2 aliphatic rings. The molecule has 0 unspecified atom stereocenters. The molecule has 2 heterocycles. The van der Waals surface area contributed by atoms with Crippen LogP contribution in [-0.4, -0.2) is 87.3 Å². The summed E-state index contributed by atoms with van der Waals surface area (Å²) in [5.41, 5.74) is 2.54. The minimum atomic E-state index is -4.35. The lowest BCUT2D eigenvalue weighted by atomic mass is 10.1. The Morgan fingerprint density at radius 3 is 2.39 bits per heavy atom. The van der Waals surface area contributed by atoms with Crippen molar-refractivity contribution in [2.45, 2.75) is 42.7 Å². The summed E-state index contributed by atoms with van der Waals surface area (Å²) in [6.45, 7) is 13.9. The Bertz CT molecular complexity index is 1110. The molecule has 2 aliphatic heterocycles. The predicted octanol–water partition coefficient (Wildman–Crippen LogP) is 6.75. The van der Waals surface area contributed by atoms with E-state index >= 15 is 0 Å². The number of likely N-dealkylation sites (N-methyl/N-ethyl adjacent to an activating group) is 1. The Balaban J connectivity index is 1.40. The smallest absolute Gasteiger partial charge is 0.340 e. The van der Waals surface area contributed by atoms with Crippen molar-refractivity contribution < 1.29 is 17.7 Å². The molecular formula is C30H42F3N4S+. The summed E-state index contributed by atoms with van der Waals surface area (Å²) >= 11 is 1.55. The van der Waals surface area contributed by atoms with Gasteiger partial charge in [0.1, 0.15) is 0 Å². The van der Waals surface area contributed by atoms with Gasteiger partial charge in [-0.2, -0.15) is 13.2 Å². The highest BCUT2D eigenvalue weighted by Gasteiger charge is 2.34. The van der Waals surface area contributed by atoms with E-state index in [2.05, 4.69) is 54.8 Å². The van der Waals surface area contributed by atoms with Gasteiger partial charge in [0, 0.05) is 48.9 Å². The van der Waals surface area contributed by atoms with Gasteiger partial charge >= 0.3 is 6.18 Å². The summed E-state index contributed by atoms with van der Waals surface area (Å²) in [6.07, 6.45) is -0.0651. The fourth-order valence-electron chi connectivity index (χ4n) is 5.38. The van der Waals surface area contributed by atoms with E-state index in [-0.39, 0.29) is 0 Å². The summed E-state index contributed by atoms with van der Waals surface area (Å²) in [4.78, 5) is 8.90. The average Bonchev–Trinajstić information content (AvgIpc) is 2.90. The lowest BCUT2D eigenvalue weighted by Gasteiger charge is -2.46. The first-order valence-electron chi connectivity index (χ1n) is 13.7. The van der Waals surface area contributed by atoms with Crippen LogP contribution in [0.1, 0.15) is 32.3 Å². The Morgan fingerprint density at radius 2 is 1.71 bits per heavy atom. The van der Waals surface area contributed by atoms with Gasteiger partial charge in [-0.15, -0.1) is 0 Å². The van der Waals surface area contributed by atoms with Crippen LogP contribution in [-0.2, 0) is 6.18 Å². The Kier molecular flexibility index (Phi) is 9.50. The number of hydrogen-bond donors (Lipinski definition) is 0. The molecule has 0 amide bonds. The van der Waals surface area contributed by atoms with Gasteiger partial charge in [0.25, 0.3) is 0 Å². The van der Waals surface area contributed by atoms with E-state index in [1.54, 1.807) is 17.8 Å². The molecule has 1 saturated heterocycles. The van der Waals surface area contributed by atoms with Crippen LogP contribution in [0, 0.1) is 0 Å². The third kappa shape index (κ3) is 7.14. The normalized spacial score (nSPS) is 18.0. The van der Waals surface area contributed by atoms with Gasteiger partial charge in [0.2, 0.25) is 0 Å². The molecule has 0 spiro atoms. The summed E-state index contributed by atoms with van der Waals surface area (Å²) in [6, 6.07) is 12.2. The van der Waals surface area contributed by atoms with Gasteiger partial charge < -0.3 is 14.3 Å². The quantitative estimate of drug-likeness (QED) is 0.240. The molecule has 2 aromatic carbocycles. The van der Waals surface area contributed by atoms with Gasteiger partial charge in [0.05, 0.1) is 43.1 Å². The van der Waals surface area contributed by atoms with E-state index in [1.165, 1.54) is 35.3 Å². The van der Waals surface area contributed by atoms with Gasteiger partial charge in [-0.05, 0) is 64.7 Å². The number of piperazine rings is 1. The molecule has 2 aromatic rings. The topological polar surface area (TPSA) is 9.72 Å². The van der Waals surface area contributed by atoms with Crippen LogP contribution in [0.5, 0.6) is 0 Å². The third-order valence-electron chi connectivity index (χ3n) is 8.09. The summed E-state index contributed by atoms with van der Waals surface area (Å²) in [5, 5.41) is 0. The Hall–Kier alpha value is -2.00. The van der Waals surface area contributed by atoms with Crippen LogP contribution < -0.4 is 4.90 Å². The van der Waals surface area contributed by atoms with E-state index < -0.39 is 11.7 Å². The minimum Gasteiger partial charge on any atom is -0.340 e. The van der Waals surface area contributed by atoms with Crippen molar-refractivity contribution in [1.82, 2.24) is 9.80 Å². The lowest BCUT2D eigenvalue weighted by molar-refractivity contribution is -0.931. The second kappa shape index (κ2) is 12.5. The number of hydrogen-bond acceptors (Lipinski definition) is 4.